The molecule has 0 saturated carbocycles. The highest BCUT2D eigenvalue weighted by Crippen LogP contribution is 2.33. The van der Waals surface area contributed by atoms with E-state index in [1.807, 2.05) is 13.8 Å². The maximum Gasteiger partial charge on any atom is 0.341 e. The number of nitrogens with one attached hydrogen (secondary N) is 1. The second-order valence-electron chi connectivity index (χ2n) is 5.42. The number of rotatable bonds is 7. The number of aromatic nitrogens is 4. The average molecular weight is 351 g/mol. The molecule has 9 heteroatoms. The maximum atomic E-state index is 12.5. The summed E-state index contributed by atoms with van der Waals surface area (Å²) in [6, 6.07) is 0. The Labute approximate surface area is 144 Å². The van der Waals surface area contributed by atoms with Crippen molar-refractivity contribution in [3.8, 4) is 0 Å². The number of nitrogens with zero attached hydrogens (tertiary/aromatic N) is 4. The van der Waals surface area contributed by atoms with Crippen LogP contribution in [0, 0.1) is 13.8 Å². The van der Waals surface area contributed by atoms with Crippen molar-refractivity contribution in [2.24, 2.45) is 0 Å². The first kappa shape index (κ1) is 18.1. The Balaban J connectivity index is 2.10. The molecule has 2 aromatic heterocycles. The van der Waals surface area contributed by atoms with Gasteiger partial charge in [0.2, 0.25) is 5.91 Å². The van der Waals surface area contributed by atoms with Crippen molar-refractivity contribution < 1.29 is 14.3 Å². The van der Waals surface area contributed by atoms with Gasteiger partial charge in [0.1, 0.15) is 5.00 Å². The monoisotopic (exact) mass is 351 g/mol. The van der Waals surface area contributed by atoms with E-state index in [-0.39, 0.29) is 12.5 Å². The minimum absolute atomic E-state index is 0.0105. The second kappa shape index (κ2) is 8.00. The van der Waals surface area contributed by atoms with Crippen LogP contribution >= 0.6 is 11.3 Å². The third-order valence-electron chi connectivity index (χ3n) is 3.54. The summed E-state index contributed by atoms with van der Waals surface area (Å²) in [7, 11) is 0. The van der Waals surface area contributed by atoms with Gasteiger partial charge in [-0.15, -0.1) is 16.4 Å². The van der Waals surface area contributed by atoms with E-state index in [1.54, 1.807) is 4.68 Å². The van der Waals surface area contributed by atoms with Crippen molar-refractivity contribution in [1.82, 2.24) is 20.2 Å². The molecule has 0 atom stereocenters. The van der Waals surface area contributed by atoms with Gasteiger partial charge in [0.05, 0.1) is 5.56 Å². The lowest BCUT2D eigenvalue weighted by Crippen LogP contribution is -2.14. The molecule has 0 unspecified atom stereocenters. The smallest absolute Gasteiger partial charge is 0.341 e. The molecular formula is C15H21N5O3S. The van der Waals surface area contributed by atoms with Crippen molar-refractivity contribution in [3.63, 3.8) is 0 Å². The molecule has 0 aliphatic rings. The van der Waals surface area contributed by atoms with E-state index in [4.69, 9.17) is 4.74 Å². The molecule has 130 valence electrons. The van der Waals surface area contributed by atoms with Crippen LogP contribution in [0.4, 0.5) is 5.00 Å². The number of amides is 1. The predicted octanol–water partition coefficient (Wildman–Crippen LogP) is 2.47. The summed E-state index contributed by atoms with van der Waals surface area (Å²) >= 11 is 1.36. The van der Waals surface area contributed by atoms with Gasteiger partial charge in [-0.25, -0.2) is 9.48 Å². The fraction of sp³-hybridized carbons (Fsp3) is 0.533. The number of carbonyl (C=O) groups is 2. The molecule has 2 aromatic rings. The Morgan fingerprint density at radius 3 is 2.75 bits per heavy atom. The number of ether oxygens (including phenoxy) is 1. The lowest BCUT2D eigenvalue weighted by atomic mass is 10.1. The van der Waals surface area contributed by atoms with E-state index in [0.717, 1.165) is 23.3 Å². The number of hydrogen-bond acceptors (Lipinski definition) is 7. The molecule has 0 bridgehead atoms. The molecule has 0 aromatic carbocycles. The van der Waals surface area contributed by atoms with Gasteiger partial charge in [0, 0.05) is 18.3 Å². The molecule has 2 heterocycles. The van der Waals surface area contributed by atoms with Gasteiger partial charge < -0.3 is 10.1 Å². The summed E-state index contributed by atoms with van der Waals surface area (Å²) in [6.07, 6.45) is 1.97. The minimum Gasteiger partial charge on any atom is -0.454 e. The average Bonchev–Trinajstić information content (AvgIpc) is 3.07. The van der Waals surface area contributed by atoms with Crippen LogP contribution in [0.1, 0.15) is 53.3 Å². The summed E-state index contributed by atoms with van der Waals surface area (Å²) in [4.78, 5) is 24.7. The number of carbonyl (C=O) groups excluding carboxylic acids is 2. The zero-order valence-electron chi connectivity index (χ0n) is 14.3. The van der Waals surface area contributed by atoms with Crippen molar-refractivity contribution in [3.05, 3.63) is 21.8 Å². The Morgan fingerprint density at radius 2 is 2.08 bits per heavy atom. The van der Waals surface area contributed by atoms with Crippen molar-refractivity contribution in [1.29, 1.82) is 0 Å². The number of hydrogen-bond donors (Lipinski definition) is 1. The lowest BCUT2D eigenvalue weighted by molar-refractivity contribution is -0.114. The van der Waals surface area contributed by atoms with Gasteiger partial charge in [-0.1, -0.05) is 13.3 Å². The predicted molar refractivity (Wildman–Crippen MR) is 89.9 cm³/mol. The van der Waals surface area contributed by atoms with Crippen LogP contribution in [0.25, 0.3) is 0 Å². The number of unbranched alkanes of at least 4 members (excludes halogenated alkanes) is 1. The summed E-state index contributed by atoms with van der Waals surface area (Å²) in [5.41, 5.74) is 1.19. The first-order valence-corrected chi connectivity index (χ1v) is 8.55. The highest BCUT2D eigenvalue weighted by molar-refractivity contribution is 7.16. The molecule has 1 N–H and O–H groups in total. The van der Waals surface area contributed by atoms with Crippen LogP contribution in [0.2, 0.25) is 0 Å². The molecular weight excluding hydrogens is 330 g/mol. The standard InChI is InChI=1S/C15H21N5O3S/c1-5-6-7-20-12(17-18-19-20)8-23-15(22)13-9(2)10(3)24-14(13)16-11(4)21/h5-8H2,1-4H3,(H,16,21). The molecule has 0 spiro atoms. The van der Waals surface area contributed by atoms with E-state index in [1.165, 1.54) is 18.3 Å². The summed E-state index contributed by atoms with van der Waals surface area (Å²) in [5, 5.41) is 14.6. The molecule has 1 amide bonds. The Morgan fingerprint density at radius 1 is 1.33 bits per heavy atom. The third kappa shape index (κ3) is 4.16. The van der Waals surface area contributed by atoms with Crippen molar-refractivity contribution >= 4 is 28.2 Å². The Hall–Kier alpha value is -2.29. The normalized spacial score (nSPS) is 10.7. The first-order chi connectivity index (χ1) is 11.4. The number of thiophene rings is 1. The largest absolute Gasteiger partial charge is 0.454 e. The SMILES string of the molecule is CCCCn1nnnc1COC(=O)c1c(NC(C)=O)sc(C)c1C. The van der Waals surface area contributed by atoms with Gasteiger partial charge in [-0.2, -0.15) is 0 Å². The van der Waals surface area contributed by atoms with Crippen LogP contribution in [0.15, 0.2) is 0 Å². The van der Waals surface area contributed by atoms with E-state index in [9.17, 15) is 9.59 Å². The zero-order chi connectivity index (χ0) is 17.7. The van der Waals surface area contributed by atoms with Crippen LogP contribution in [0.5, 0.6) is 0 Å². The molecule has 2 rings (SSSR count). The molecule has 0 saturated heterocycles. The first-order valence-electron chi connectivity index (χ1n) is 7.73. The summed E-state index contributed by atoms with van der Waals surface area (Å²) in [5.74, 6) is -0.220. The molecule has 8 nitrogen and oxygen atoms in total. The fourth-order valence-corrected chi connectivity index (χ4v) is 3.23. The van der Waals surface area contributed by atoms with E-state index < -0.39 is 5.97 Å². The number of esters is 1. The number of anilines is 1. The van der Waals surface area contributed by atoms with E-state index in [0.29, 0.717) is 22.9 Å². The van der Waals surface area contributed by atoms with Crippen LogP contribution in [0.3, 0.4) is 0 Å². The third-order valence-corrected chi connectivity index (χ3v) is 4.66. The van der Waals surface area contributed by atoms with Gasteiger partial charge in [0.25, 0.3) is 0 Å². The van der Waals surface area contributed by atoms with Gasteiger partial charge in [0.15, 0.2) is 12.4 Å². The topological polar surface area (TPSA) is 99.0 Å². The van der Waals surface area contributed by atoms with Crippen LogP contribution in [-0.4, -0.2) is 32.1 Å². The van der Waals surface area contributed by atoms with Crippen molar-refractivity contribution in [2.45, 2.75) is 53.7 Å². The number of aryl methyl sites for hydroxylation is 2. The quantitative estimate of drug-likeness (QED) is 0.769. The minimum atomic E-state index is -0.495. The zero-order valence-corrected chi connectivity index (χ0v) is 15.1. The summed E-state index contributed by atoms with van der Waals surface area (Å²) < 4.78 is 7.00. The molecule has 0 radical (unpaired) electrons. The second-order valence-corrected chi connectivity index (χ2v) is 6.64. The number of tetrazole rings is 1. The van der Waals surface area contributed by atoms with Gasteiger partial charge >= 0.3 is 5.97 Å². The maximum absolute atomic E-state index is 12.5. The van der Waals surface area contributed by atoms with E-state index >= 15 is 0 Å². The van der Waals surface area contributed by atoms with Gasteiger partial charge in [-0.05, 0) is 36.3 Å². The van der Waals surface area contributed by atoms with Gasteiger partial charge in [-0.3, -0.25) is 4.79 Å². The fourth-order valence-electron chi connectivity index (χ4n) is 2.13. The molecule has 0 aliphatic heterocycles. The Bertz CT molecular complexity index is 738. The lowest BCUT2D eigenvalue weighted by Gasteiger charge is -2.07. The highest BCUT2D eigenvalue weighted by Gasteiger charge is 2.22. The van der Waals surface area contributed by atoms with Crippen LogP contribution < -0.4 is 5.32 Å². The molecule has 0 fully saturated rings. The van der Waals surface area contributed by atoms with Crippen molar-refractivity contribution in [2.75, 3.05) is 5.32 Å². The molecule has 24 heavy (non-hydrogen) atoms. The Kier molecular flexibility index (Phi) is 6.02. The molecule has 0 aliphatic carbocycles. The summed E-state index contributed by atoms with van der Waals surface area (Å²) in [6.45, 7) is 7.89. The van der Waals surface area contributed by atoms with Crippen LogP contribution in [-0.2, 0) is 22.7 Å². The van der Waals surface area contributed by atoms with E-state index in [2.05, 4.69) is 27.8 Å². The highest BCUT2D eigenvalue weighted by atomic mass is 32.1.